The number of allylic oxidation sites excluding steroid dienone is 1. The van der Waals surface area contributed by atoms with Gasteiger partial charge >= 0.3 is 11.9 Å². The molecule has 0 aromatic carbocycles. The summed E-state index contributed by atoms with van der Waals surface area (Å²) in [6, 6.07) is 0. The predicted octanol–water partition coefficient (Wildman–Crippen LogP) is 2.07. The second kappa shape index (κ2) is 6.19. The number of hydrogen-bond acceptors (Lipinski definition) is 3. The van der Waals surface area contributed by atoms with E-state index in [-0.39, 0.29) is 24.0 Å². The van der Waals surface area contributed by atoms with Gasteiger partial charge in [-0.3, -0.25) is 4.79 Å². The minimum absolute atomic E-state index is 0.0839. The quantitative estimate of drug-likeness (QED) is 0.545. The van der Waals surface area contributed by atoms with E-state index in [1.165, 1.54) is 0 Å². The Morgan fingerprint density at radius 3 is 2.58 bits per heavy atom. The van der Waals surface area contributed by atoms with Crippen LogP contribution in [0.25, 0.3) is 0 Å². The van der Waals surface area contributed by atoms with E-state index in [1.54, 1.807) is 6.08 Å². The van der Waals surface area contributed by atoms with Gasteiger partial charge in [0.05, 0.1) is 18.1 Å². The predicted molar refractivity (Wildman–Crippen MR) is 67.8 cm³/mol. The molecule has 0 saturated carbocycles. The van der Waals surface area contributed by atoms with Gasteiger partial charge in [-0.2, -0.15) is 0 Å². The van der Waals surface area contributed by atoms with Crippen LogP contribution in [0.1, 0.15) is 38.5 Å². The highest BCUT2D eigenvalue weighted by molar-refractivity contribution is 5.79. The van der Waals surface area contributed by atoms with Gasteiger partial charge in [-0.25, -0.2) is 4.79 Å². The first-order chi connectivity index (χ1) is 9.09. The summed E-state index contributed by atoms with van der Waals surface area (Å²) in [4.78, 5) is 21.5. The number of carboxylic acids is 2. The van der Waals surface area contributed by atoms with E-state index in [1.807, 2.05) is 0 Å². The van der Waals surface area contributed by atoms with Crippen LogP contribution in [0.4, 0.5) is 0 Å². The van der Waals surface area contributed by atoms with E-state index >= 15 is 0 Å². The minimum Gasteiger partial charge on any atom is -0.481 e. The summed E-state index contributed by atoms with van der Waals surface area (Å²) in [7, 11) is 0. The van der Waals surface area contributed by atoms with Crippen LogP contribution in [0.3, 0.4) is 0 Å². The van der Waals surface area contributed by atoms with Crippen LogP contribution in [0.15, 0.2) is 12.2 Å². The standard InChI is InChI=1S/C14H20O5/c15-12(16)6-4-2-1-3-5-9-10-7-8-11(19-10)13(9)14(17)18/h4,6,9-11,13H,1-3,5,7-8H2,(H,15,16)(H,17,18)/t9-,10+,11-,13-/m1/s1. The van der Waals surface area contributed by atoms with Gasteiger partial charge in [-0.15, -0.1) is 0 Å². The first-order valence-corrected chi connectivity index (χ1v) is 6.87. The second-order valence-corrected chi connectivity index (χ2v) is 5.34. The maximum Gasteiger partial charge on any atom is 0.327 e. The lowest BCUT2D eigenvalue weighted by Gasteiger charge is -2.24. The highest BCUT2D eigenvalue weighted by atomic mass is 16.5. The van der Waals surface area contributed by atoms with E-state index in [9.17, 15) is 14.7 Å². The number of ether oxygens (including phenoxy) is 1. The lowest BCUT2D eigenvalue weighted by Crippen LogP contribution is -2.33. The highest BCUT2D eigenvalue weighted by Crippen LogP contribution is 2.45. The van der Waals surface area contributed by atoms with Crippen molar-refractivity contribution in [1.82, 2.24) is 0 Å². The fraction of sp³-hybridized carbons (Fsp3) is 0.714. The van der Waals surface area contributed by atoms with Crippen molar-refractivity contribution in [2.24, 2.45) is 11.8 Å². The van der Waals surface area contributed by atoms with Crippen LogP contribution < -0.4 is 0 Å². The van der Waals surface area contributed by atoms with Gasteiger partial charge < -0.3 is 14.9 Å². The molecule has 2 saturated heterocycles. The number of hydrogen-bond donors (Lipinski definition) is 2. The third-order valence-electron chi connectivity index (χ3n) is 4.13. The summed E-state index contributed by atoms with van der Waals surface area (Å²) in [6.45, 7) is 0. The van der Waals surface area contributed by atoms with Crippen LogP contribution in [0.5, 0.6) is 0 Å². The molecule has 4 atom stereocenters. The topological polar surface area (TPSA) is 83.8 Å². The molecule has 5 heteroatoms. The number of rotatable bonds is 7. The summed E-state index contributed by atoms with van der Waals surface area (Å²) >= 11 is 0. The molecule has 5 nitrogen and oxygen atoms in total. The summed E-state index contributed by atoms with van der Waals surface area (Å²) in [5, 5.41) is 17.7. The van der Waals surface area contributed by atoms with E-state index in [0.717, 1.165) is 44.6 Å². The zero-order chi connectivity index (χ0) is 13.8. The molecule has 106 valence electrons. The van der Waals surface area contributed by atoms with E-state index in [0.29, 0.717) is 0 Å². The van der Waals surface area contributed by atoms with Crippen molar-refractivity contribution in [3.05, 3.63) is 12.2 Å². The number of unbranched alkanes of at least 4 members (excludes halogenated alkanes) is 2. The van der Waals surface area contributed by atoms with Gasteiger partial charge in [0.25, 0.3) is 0 Å². The van der Waals surface area contributed by atoms with Gasteiger partial charge in [0.2, 0.25) is 0 Å². The third-order valence-corrected chi connectivity index (χ3v) is 4.13. The third kappa shape index (κ3) is 3.35. The highest BCUT2D eigenvalue weighted by Gasteiger charge is 2.51. The zero-order valence-corrected chi connectivity index (χ0v) is 10.8. The Morgan fingerprint density at radius 2 is 1.89 bits per heavy atom. The smallest absolute Gasteiger partial charge is 0.327 e. The number of aliphatic carboxylic acids is 2. The Balaban J connectivity index is 1.73. The molecule has 2 aliphatic heterocycles. The molecule has 0 spiro atoms. The molecule has 19 heavy (non-hydrogen) atoms. The molecule has 0 unspecified atom stereocenters. The molecule has 2 heterocycles. The van der Waals surface area contributed by atoms with Gasteiger partial charge in [-0.05, 0) is 32.1 Å². The Labute approximate surface area is 112 Å². The first kappa shape index (κ1) is 14.1. The summed E-state index contributed by atoms with van der Waals surface area (Å²) in [6.07, 6.45) is 8.10. The number of carboxylic acid groups (broad SMARTS) is 2. The van der Waals surface area contributed by atoms with Gasteiger partial charge in [0.1, 0.15) is 0 Å². The summed E-state index contributed by atoms with van der Waals surface area (Å²) in [5.41, 5.74) is 0. The molecule has 0 aromatic heterocycles. The van der Waals surface area contributed by atoms with E-state index < -0.39 is 11.9 Å². The lowest BCUT2D eigenvalue weighted by atomic mass is 9.77. The molecular weight excluding hydrogens is 248 g/mol. The van der Waals surface area contributed by atoms with Gasteiger partial charge in [0, 0.05) is 12.0 Å². The molecule has 2 aliphatic rings. The molecule has 0 amide bonds. The normalized spacial score (nSPS) is 33.1. The maximum atomic E-state index is 11.3. The maximum absolute atomic E-state index is 11.3. The fourth-order valence-corrected chi connectivity index (χ4v) is 3.31. The summed E-state index contributed by atoms with van der Waals surface area (Å²) < 4.78 is 5.70. The molecule has 2 fully saturated rings. The molecule has 2 N–H and O–H groups in total. The van der Waals surface area contributed by atoms with Crippen molar-refractivity contribution in [1.29, 1.82) is 0 Å². The summed E-state index contributed by atoms with van der Waals surface area (Å²) in [5.74, 6) is -1.86. The monoisotopic (exact) mass is 268 g/mol. The van der Waals surface area contributed by atoms with E-state index in [2.05, 4.69) is 0 Å². The van der Waals surface area contributed by atoms with Crippen LogP contribution in [-0.2, 0) is 14.3 Å². The number of carbonyl (C=O) groups is 2. The van der Waals surface area contributed by atoms with Crippen molar-refractivity contribution < 1.29 is 24.5 Å². The largest absolute Gasteiger partial charge is 0.481 e. The van der Waals surface area contributed by atoms with Crippen LogP contribution in [-0.4, -0.2) is 34.4 Å². The molecule has 2 bridgehead atoms. The molecule has 2 rings (SSSR count). The van der Waals surface area contributed by atoms with E-state index in [4.69, 9.17) is 9.84 Å². The zero-order valence-electron chi connectivity index (χ0n) is 10.8. The van der Waals surface area contributed by atoms with Gasteiger partial charge in [-0.1, -0.05) is 12.5 Å². The second-order valence-electron chi connectivity index (χ2n) is 5.34. The van der Waals surface area contributed by atoms with Crippen LogP contribution >= 0.6 is 0 Å². The SMILES string of the molecule is O=C(O)C=CCCCC[C@H]1[C@@H](C(=O)O)[C@H]2CC[C@@H]1O2. The average Bonchev–Trinajstić information content (AvgIpc) is 2.93. The minimum atomic E-state index is -0.924. The Kier molecular flexibility index (Phi) is 4.58. The molecule has 0 aromatic rings. The van der Waals surface area contributed by atoms with Crippen molar-refractivity contribution in [3.63, 3.8) is 0 Å². The van der Waals surface area contributed by atoms with Crippen molar-refractivity contribution in [2.75, 3.05) is 0 Å². The van der Waals surface area contributed by atoms with Crippen molar-refractivity contribution in [3.8, 4) is 0 Å². The van der Waals surface area contributed by atoms with Crippen LogP contribution in [0, 0.1) is 11.8 Å². The van der Waals surface area contributed by atoms with Crippen molar-refractivity contribution in [2.45, 2.75) is 50.7 Å². The Morgan fingerprint density at radius 1 is 1.16 bits per heavy atom. The average molecular weight is 268 g/mol. The first-order valence-electron chi connectivity index (χ1n) is 6.87. The fourth-order valence-electron chi connectivity index (χ4n) is 3.31. The lowest BCUT2D eigenvalue weighted by molar-refractivity contribution is -0.145. The number of fused-ring (bicyclic) bond motifs is 2. The van der Waals surface area contributed by atoms with Crippen molar-refractivity contribution >= 4 is 11.9 Å². The Hall–Kier alpha value is -1.36. The molecular formula is C14H20O5. The molecule has 0 aliphatic carbocycles. The Bertz CT molecular complexity index is 376. The van der Waals surface area contributed by atoms with Gasteiger partial charge in [0.15, 0.2) is 0 Å². The molecule has 0 radical (unpaired) electrons. The van der Waals surface area contributed by atoms with Crippen LogP contribution in [0.2, 0.25) is 0 Å².